The molecule has 1 aliphatic carbocycles. The first kappa shape index (κ1) is 25.0. The van der Waals surface area contributed by atoms with Gasteiger partial charge in [0.05, 0.1) is 40.5 Å². The van der Waals surface area contributed by atoms with Gasteiger partial charge in [0, 0.05) is 21.3 Å². The van der Waals surface area contributed by atoms with E-state index in [4.69, 9.17) is 17.3 Å². The van der Waals surface area contributed by atoms with Gasteiger partial charge in [-0.3, -0.25) is 4.98 Å². The SMILES string of the molecule is C[C@@](O)(CO)c1ccnc(-c2cccc3cc([C@H](NS(=O)(=O)C4CC4)c4nc(N)ncc4Cl)sc23)c1. The van der Waals surface area contributed by atoms with Crippen LogP contribution in [0.25, 0.3) is 21.3 Å². The number of nitrogen functional groups attached to an aromatic ring is 1. The standard InChI is InChI=1S/C24H24ClN5O4S2/c1-24(32,12-31)14-7-8-27-18(10-14)16-4-2-3-13-9-19(35-22(13)16)21(30-36(33,34)15-5-6-15)20-17(25)11-28-23(26)29-20/h2-4,7-11,15,21,30-32H,5-6,12H2,1H3,(H2,26,28,29)/t21-,24+/m0/s1. The molecule has 0 spiro atoms. The number of benzene rings is 1. The van der Waals surface area contributed by atoms with Crippen molar-refractivity contribution in [3.8, 4) is 11.3 Å². The summed E-state index contributed by atoms with van der Waals surface area (Å²) in [5, 5.41) is 20.7. The summed E-state index contributed by atoms with van der Waals surface area (Å²) in [5.74, 6) is -0.0104. The number of anilines is 1. The molecule has 12 heteroatoms. The van der Waals surface area contributed by atoms with Crippen molar-refractivity contribution < 1.29 is 18.6 Å². The molecular formula is C24H24ClN5O4S2. The van der Waals surface area contributed by atoms with Gasteiger partial charge < -0.3 is 15.9 Å². The third-order valence-electron chi connectivity index (χ3n) is 6.12. The highest BCUT2D eigenvalue weighted by atomic mass is 35.5. The number of aliphatic hydroxyl groups excluding tert-OH is 1. The van der Waals surface area contributed by atoms with E-state index in [9.17, 15) is 18.6 Å². The molecule has 3 heterocycles. The van der Waals surface area contributed by atoms with E-state index in [1.807, 2.05) is 24.3 Å². The minimum atomic E-state index is -3.60. The molecule has 0 aliphatic heterocycles. The Balaban J connectivity index is 1.64. The molecule has 2 atom stereocenters. The topological polar surface area (TPSA) is 151 Å². The van der Waals surface area contributed by atoms with E-state index in [2.05, 4.69) is 19.7 Å². The van der Waals surface area contributed by atoms with Crippen molar-refractivity contribution in [1.29, 1.82) is 0 Å². The van der Waals surface area contributed by atoms with Gasteiger partial charge in [-0.1, -0.05) is 29.8 Å². The van der Waals surface area contributed by atoms with E-state index in [1.54, 1.807) is 18.3 Å². The van der Waals surface area contributed by atoms with Gasteiger partial charge in [0.25, 0.3) is 0 Å². The fraction of sp³-hybridized carbons (Fsp3) is 0.292. The normalized spacial score (nSPS) is 16.7. The van der Waals surface area contributed by atoms with Crippen molar-refractivity contribution in [3.05, 3.63) is 69.9 Å². The second-order valence-corrected chi connectivity index (χ2v) is 12.5. The Bertz CT molecular complexity index is 1550. The number of halogens is 1. The van der Waals surface area contributed by atoms with Crippen LogP contribution in [0.5, 0.6) is 0 Å². The fourth-order valence-corrected chi connectivity index (χ4v) is 6.94. The van der Waals surface area contributed by atoms with Crippen molar-refractivity contribution in [2.24, 2.45) is 0 Å². The van der Waals surface area contributed by atoms with Crippen LogP contribution in [0.1, 0.15) is 41.9 Å². The van der Waals surface area contributed by atoms with Crippen molar-refractivity contribution in [2.45, 2.75) is 36.7 Å². The third-order valence-corrected chi connectivity index (χ3v) is 9.58. The lowest BCUT2D eigenvalue weighted by Crippen LogP contribution is -2.32. The Morgan fingerprint density at radius 1 is 1.28 bits per heavy atom. The third kappa shape index (κ3) is 4.82. The van der Waals surface area contributed by atoms with Crippen LogP contribution >= 0.6 is 22.9 Å². The van der Waals surface area contributed by atoms with Gasteiger partial charge in [0.2, 0.25) is 16.0 Å². The first-order valence-electron chi connectivity index (χ1n) is 11.2. The lowest BCUT2D eigenvalue weighted by Gasteiger charge is -2.21. The number of fused-ring (bicyclic) bond motifs is 1. The maximum Gasteiger partial charge on any atom is 0.220 e. The summed E-state index contributed by atoms with van der Waals surface area (Å²) in [6.45, 7) is 1.10. The second-order valence-electron chi connectivity index (χ2n) is 8.99. The fourth-order valence-electron chi connectivity index (χ4n) is 3.92. The molecule has 1 saturated carbocycles. The van der Waals surface area contributed by atoms with E-state index in [-0.39, 0.29) is 16.7 Å². The van der Waals surface area contributed by atoms with Crippen molar-refractivity contribution in [1.82, 2.24) is 19.7 Å². The van der Waals surface area contributed by atoms with Gasteiger partial charge in [0.1, 0.15) is 5.60 Å². The molecule has 3 aromatic heterocycles. The van der Waals surface area contributed by atoms with Crippen LogP contribution in [0.3, 0.4) is 0 Å². The zero-order valence-electron chi connectivity index (χ0n) is 19.2. The number of aromatic nitrogens is 3. The van der Waals surface area contributed by atoms with Gasteiger partial charge in [-0.15, -0.1) is 11.3 Å². The van der Waals surface area contributed by atoms with Gasteiger partial charge >= 0.3 is 0 Å². The lowest BCUT2D eigenvalue weighted by atomic mass is 9.96. The molecule has 0 saturated heterocycles. The monoisotopic (exact) mass is 545 g/mol. The Morgan fingerprint density at radius 2 is 2.06 bits per heavy atom. The molecule has 1 fully saturated rings. The van der Waals surface area contributed by atoms with Crippen molar-refractivity contribution >= 4 is 49.0 Å². The Kier molecular flexibility index (Phi) is 6.48. The van der Waals surface area contributed by atoms with Gasteiger partial charge in [0.15, 0.2) is 0 Å². The number of sulfonamides is 1. The molecule has 5 N–H and O–H groups in total. The smallest absolute Gasteiger partial charge is 0.220 e. The summed E-state index contributed by atoms with van der Waals surface area (Å²) >= 11 is 7.79. The Hall–Kier alpha value is -2.67. The first-order chi connectivity index (χ1) is 17.1. The van der Waals surface area contributed by atoms with Crippen LogP contribution in [0, 0.1) is 0 Å². The van der Waals surface area contributed by atoms with E-state index in [1.165, 1.54) is 24.5 Å². The predicted octanol–water partition coefficient (Wildman–Crippen LogP) is 3.36. The summed E-state index contributed by atoms with van der Waals surface area (Å²) < 4.78 is 29.5. The van der Waals surface area contributed by atoms with Crippen molar-refractivity contribution in [3.63, 3.8) is 0 Å². The highest BCUT2D eigenvalue weighted by Crippen LogP contribution is 2.41. The van der Waals surface area contributed by atoms with Crippen LogP contribution in [0.4, 0.5) is 5.95 Å². The zero-order valence-corrected chi connectivity index (χ0v) is 21.6. The molecule has 0 unspecified atom stereocenters. The van der Waals surface area contributed by atoms with E-state index >= 15 is 0 Å². The van der Waals surface area contributed by atoms with E-state index in [0.29, 0.717) is 29.0 Å². The van der Waals surface area contributed by atoms with Crippen LogP contribution < -0.4 is 10.5 Å². The lowest BCUT2D eigenvalue weighted by molar-refractivity contribution is -0.00230. The molecule has 0 bridgehead atoms. The molecule has 188 valence electrons. The molecule has 1 aliphatic rings. The Morgan fingerprint density at radius 3 is 2.78 bits per heavy atom. The van der Waals surface area contributed by atoms with E-state index in [0.717, 1.165) is 15.6 Å². The maximum atomic E-state index is 12.9. The van der Waals surface area contributed by atoms with Crippen LogP contribution in [-0.2, 0) is 15.6 Å². The van der Waals surface area contributed by atoms with Crippen LogP contribution in [0.2, 0.25) is 5.02 Å². The minimum Gasteiger partial charge on any atom is -0.393 e. The molecule has 1 aromatic carbocycles. The summed E-state index contributed by atoms with van der Waals surface area (Å²) in [4.78, 5) is 13.3. The second kappa shape index (κ2) is 9.33. The number of pyridine rings is 1. The average molecular weight is 546 g/mol. The molecule has 0 radical (unpaired) electrons. The van der Waals surface area contributed by atoms with Crippen LogP contribution in [0.15, 0.2) is 48.8 Å². The number of hydrogen-bond acceptors (Lipinski definition) is 9. The zero-order chi connectivity index (χ0) is 25.7. The molecule has 5 rings (SSSR count). The quantitative estimate of drug-likeness (QED) is 0.263. The first-order valence-corrected chi connectivity index (χ1v) is 13.9. The van der Waals surface area contributed by atoms with Gasteiger partial charge in [-0.25, -0.2) is 23.1 Å². The molecule has 4 aromatic rings. The number of hydrogen-bond donors (Lipinski definition) is 4. The van der Waals surface area contributed by atoms with Gasteiger partial charge in [-0.05, 0) is 48.9 Å². The summed E-state index contributed by atoms with van der Waals surface area (Å²) in [7, 11) is -3.60. The summed E-state index contributed by atoms with van der Waals surface area (Å²) in [6.07, 6.45) is 4.16. The highest BCUT2D eigenvalue weighted by Gasteiger charge is 2.38. The number of aliphatic hydroxyl groups is 2. The van der Waals surface area contributed by atoms with Gasteiger partial charge in [-0.2, -0.15) is 0 Å². The van der Waals surface area contributed by atoms with E-state index < -0.39 is 33.5 Å². The number of thiophene rings is 1. The molecular weight excluding hydrogens is 522 g/mol. The maximum absolute atomic E-state index is 12.9. The number of rotatable bonds is 8. The number of nitrogens with zero attached hydrogens (tertiary/aromatic N) is 3. The highest BCUT2D eigenvalue weighted by molar-refractivity contribution is 7.90. The molecule has 0 amide bonds. The number of nitrogens with two attached hydrogens (primary N) is 1. The minimum absolute atomic E-state index is 0.0104. The predicted molar refractivity (Wildman–Crippen MR) is 140 cm³/mol. The molecule has 9 nitrogen and oxygen atoms in total. The summed E-state index contributed by atoms with van der Waals surface area (Å²) in [5.41, 5.74) is 6.62. The summed E-state index contributed by atoms with van der Waals surface area (Å²) in [6, 6.07) is 10.1. The Labute approximate surface area is 217 Å². The van der Waals surface area contributed by atoms with Crippen LogP contribution in [-0.4, -0.2) is 45.4 Å². The molecule has 36 heavy (non-hydrogen) atoms. The van der Waals surface area contributed by atoms with Crippen molar-refractivity contribution in [2.75, 3.05) is 12.3 Å². The average Bonchev–Trinajstić information content (AvgIpc) is 3.64. The largest absolute Gasteiger partial charge is 0.393 e. The number of nitrogens with one attached hydrogen (secondary N) is 1.